The molecule has 0 aliphatic rings. The predicted octanol–water partition coefficient (Wildman–Crippen LogP) is 3.13. The average molecular weight is 284 g/mol. The summed E-state index contributed by atoms with van der Waals surface area (Å²) in [7, 11) is 1.31. The maximum atomic E-state index is 11.3. The summed E-state index contributed by atoms with van der Waals surface area (Å²) in [5, 5.41) is 10.9. The third kappa shape index (κ3) is 3.50. The smallest absolute Gasteiger partial charge is 0.337 e. The van der Waals surface area contributed by atoms with E-state index in [0.29, 0.717) is 16.8 Å². The van der Waals surface area contributed by atoms with E-state index < -0.39 is 10.9 Å². The molecule has 0 atom stereocenters. The SMILES string of the molecule is COC(=O)c1ccc(/N=C/c2ccccc2[N+](=O)[O-])cc1. The lowest BCUT2D eigenvalue weighted by Crippen LogP contribution is -1.99. The van der Waals surface area contributed by atoms with Gasteiger partial charge in [-0.2, -0.15) is 0 Å². The van der Waals surface area contributed by atoms with E-state index in [1.54, 1.807) is 42.5 Å². The van der Waals surface area contributed by atoms with Gasteiger partial charge in [0, 0.05) is 12.3 Å². The van der Waals surface area contributed by atoms with Crippen molar-refractivity contribution in [2.24, 2.45) is 4.99 Å². The van der Waals surface area contributed by atoms with Crippen molar-refractivity contribution < 1.29 is 14.5 Å². The van der Waals surface area contributed by atoms with Crippen LogP contribution in [0.4, 0.5) is 11.4 Å². The molecule has 6 heteroatoms. The van der Waals surface area contributed by atoms with Gasteiger partial charge < -0.3 is 4.74 Å². The van der Waals surface area contributed by atoms with Crippen LogP contribution in [0.15, 0.2) is 53.5 Å². The Balaban J connectivity index is 2.22. The lowest BCUT2D eigenvalue weighted by atomic mass is 10.2. The fourth-order valence-electron chi connectivity index (χ4n) is 1.71. The number of ether oxygens (including phenoxy) is 1. The van der Waals surface area contributed by atoms with Crippen LogP contribution in [0.5, 0.6) is 0 Å². The zero-order chi connectivity index (χ0) is 15.2. The number of nitro groups is 1. The van der Waals surface area contributed by atoms with Gasteiger partial charge in [-0.25, -0.2) is 4.79 Å². The molecule has 0 saturated carbocycles. The quantitative estimate of drug-likeness (QED) is 0.374. The first kappa shape index (κ1) is 14.4. The van der Waals surface area contributed by atoms with E-state index in [1.807, 2.05) is 0 Å². The Kier molecular flexibility index (Phi) is 4.40. The number of esters is 1. The van der Waals surface area contributed by atoms with Gasteiger partial charge in [0.1, 0.15) is 0 Å². The first-order valence-corrected chi connectivity index (χ1v) is 6.07. The van der Waals surface area contributed by atoms with Crippen molar-refractivity contribution in [1.82, 2.24) is 0 Å². The van der Waals surface area contributed by atoms with Crippen LogP contribution in [0.25, 0.3) is 0 Å². The molecule has 6 nitrogen and oxygen atoms in total. The van der Waals surface area contributed by atoms with Crippen LogP contribution >= 0.6 is 0 Å². The van der Waals surface area contributed by atoms with Crippen molar-refractivity contribution in [3.05, 3.63) is 69.8 Å². The zero-order valence-electron chi connectivity index (χ0n) is 11.2. The third-order valence-corrected chi connectivity index (χ3v) is 2.77. The van der Waals surface area contributed by atoms with E-state index in [2.05, 4.69) is 9.73 Å². The second-order valence-corrected chi connectivity index (χ2v) is 4.11. The summed E-state index contributed by atoms with van der Waals surface area (Å²) >= 11 is 0. The number of carbonyl (C=O) groups is 1. The summed E-state index contributed by atoms with van der Waals surface area (Å²) in [5.74, 6) is -0.427. The summed E-state index contributed by atoms with van der Waals surface area (Å²) < 4.78 is 4.60. The first-order chi connectivity index (χ1) is 10.1. The minimum atomic E-state index is -0.457. The molecule has 2 aromatic rings. The monoisotopic (exact) mass is 284 g/mol. The number of aliphatic imine (C=N–C) groups is 1. The highest BCUT2D eigenvalue weighted by atomic mass is 16.6. The van der Waals surface area contributed by atoms with Crippen LogP contribution in [-0.2, 0) is 4.74 Å². The summed E-state index contributed by atoms with van der Waals surface area (Å²) in [6.45, 7) is 0. The highest BCUT2D eigenvalue weighted by Crippen LogP contribution is 2.18. The molecule has 0 heterocycles. The van der Waals surface area contributed by atoms with Gasteiger partial charge in [-0.1, -0.05) is 12.1 Å². The fraction of sp³-hybridized carbons (Fsp3) is 0.0667. The van der Waals surface area contributed by atoms with Gasteiger partial charge in [0.2, 0.25) is 0 Å². The van der Waals surface area contributed by atoms with Crippen LogP contribution in [0.1, 0.15) is 15.9 Å². The second-order valence-electron chi connectivity index (χ2n) is 4.11. The summed E-state index contributed by atoms with van der Waals surface area (Å²) in [6.07, 6.45) is 1.42. The maximum absolute atomic E-state index is 11.3. The van der Waals surface area contributed by atoms with Gasteiger partial charge in [0.25, 0.3) is 5.69 Å². The van der Waals surface area contributed by atoms with E-state index in [-0.39, 0.29) is 5.69 Å². The Morgan fingerprint density at radius 3 is 2.48 bits per heavy atom. The van der Waals surface area contributed by atoms with Crippen LogP contribution < -0.4 is 0 Å². The number of nitro benzene ring substituents is 1. The van der Waals surface area contributed by atoms with E-state index in [1.165, 1.54) is 19.4 Å². The Labute approximate surface area is 120 Å². The molecule has 0 radical (unpaired) electrons. The summed E-state index contributed by atoms with van der Waals surface area (Å²) in [4.78, 5) is 25.9. The molecule has 2 aromatic carbocycles. The van der Waals surface area contributed by atoms with Crippen LogP contribution in [0, 0.1) is 10.1 Å². The van der Waals surface area contributed by atoms with Crippen molar-refractivity contribution in [2.45, 2.75) is 0 Å². The molecule has 0 aliphatic carbocycles. The van der Waals surface area contributed by atoms with Crippen molar-refractivity contribution >= 4 is 23.6 Å². The van der Waals surface area contributed by atoms with Crippen LogP contribution in [0.2, 0.25) is 0 Å². The van der Waals surface area contributed by atoms with Crippen LogP contribution in [0.3, 0.4) is 0 Å². The Morgan fingerprint density at radius 2 is 1.86 bits per heavy atom. The number of methoxy groups -OCH3 is 1. The van der Waals surface area contributed by atoms with E-state index >= 15 is 0 Å². The Hall–Kier alpha value is -3.02. The first-order valence-electron chi connectivity index (χ1n) is 6.07. The highest BCUT2D eigenvalue weighted by molar-refractivity contribution is 5.90. The van der Waals surface area contributed by atoms with Crippen LogP contribution in [-0.4, -0.2) is 24.2 Å². The number of para-hydroxylation sites is 1. The molecule has 0 spiro atoms. The molecular weight excluding hydrogens is 272 g/mol. The van der Waals surface area contributed by atoms with E-state index in [4.69, 9.17) is 0 Å². The summed E-state index contributed by atoms with van der Waals surface area (Å²) in [6, 6.07) is 12.8. The van der Waals surface area contributed by atoms with Gasteiger partial charge in [0.15, 0.2) is 0 Å². The second kappa shape index (κ2) is 6.42. The van der Waals surface area contributed by atoms with Gasteiger partial charge >= 0.3 is 5.97 Å². The van der Waals surface area contributed by atoms with E-state index in [9.17, 15) is 14.9 Å². The van der Waals surface area contributed by atoms with Gasteiger partial charge in [-0.3, -0.25) is 15.1 Å². The molecule has 0 aromatic heterocycles. The minimum Gasteiger partial charge on any atom is -0.465 e. The minimum absolute atomic E-state index is 0.00701. The largest absolute Gasteiger partial charge is 0.465 e. The summed E-state index contributed by atoms with van der Waals surface area (Å²) in [5.41, 5.74) is 1.41. The van der Waals surface area contributed by atoms with Crippen molar-refractivity contribution in [3.8, 4) is 0 Å². The lowest BCUT2D eigenvalue weighted by molar-refractivity contribution is -0.385. The molecule has 0 amide bonds. The van der Waals surface area contributed by atoms with Crippen molar-refractivity contribution in [2.75, 3.05) is 7.11 Å². The molecule has 106 valence electrons. The number of rotatable bonds is 4. The molecule has 0 saturated heterocycles. The van der Waals surface area contributed by atoms with Crippen molar-refractivity contribution in [3.63, 3.8) is 0 Å². The maximum Gasteiger partial charge on any atom is 0.337 e. The third-order valence-electron chi connectivity index (χ3n) is 2.77. The molecule has 2 rings (SSSR count). The van der Waals surface area contributed by atoms with E-state index in [0.717, 1.165) is 0 Å². The average Bonchev–Trinajstić information content (AvgIpc) is 2.52. The number of nitrogens with zero attached hydrogens (tertiary/aromatic N) is 2. The standard InChI is InChI=1S/C15H12N2O4/c1-21-15(18)11-6-8-13(9-7-11)16-10-12-4-2-3-5-14(12)17(19)20/h2-10H,1H3/b16-10+. The molecular formula is C15H12N2O4. The highest BCUT2D eigenvalue weighted by Gasteiger charge is 2.10. The molecule has 21 heavy (non-hydrogen) atoms. The number of benzene rings is 2. The Morgan fingerprint density at radius 1 is 1.19 bits per heavy atom. The van der Waals surface area contributed by atoms with Gasteiger partial charge in [-0.05, 0) is 30.3 Å². The molecule has 0 bridgehead atoms. The Bertz CT molecular complexity index is 693. The molecule has 0 aliphatic heterocycles. The number of hydrogen-bond acceptors (Lipinski definition) is 5. The zero-order valence-corrected chi connectivity index (χ0v) is 11.2. The molecule has 0 fully saturated rings. The fourth-order valence-corrected chi connectivity index (χ4v) is 1.71. The molecule has 0 unspecified atom stereocenters. The van der Waals surface area contributed by atoms with Gasteiger partial charge in [0.05, 0.1) is 28.8 Å². The normalized spacial score (nSPS) is 10.5. The topological polar surface area (TPSA) is 81.8 Å². The lowest BCUT2D eigenvalue weighted by Gasteiger charge is -1.99. The number of carbonyl (C=O) groups excluding carboxylic acids is 1. The predicted molar refractivity (Wildman–Crippen MR) is 78.1 cm³/mol. The van der Waals surface area contributed by atoms with Crippen molar-refractivity contribution in [1.29, 1.82) is 0 Å². The number of hydrogen-bond donors (Lipinski definition) is 0. The molecule has 0 N–H and O–H groups in total. The van der Waals surface area contributed by atoms with Gasteiger partial charge in [-0.15, -0.1) is 0 Å².